The number of carboxylic acids is 1. The molecular formula is C25H33N3O3S. The molecule has 0 atom stereocenters. The molecular weight excluding hydrogens is 422 g/mol. The van der Waals surface area contributed by atoms with Crippen molar-refractivity contribution in [2.45, 2.75) is 65.1 Å². The standard InChI is InChI=1S/C25H33N3O3S/c1-25(2,3)11-10-21-13-22(23(32-21)24(29)30)27-18-6-8-19(9-7-18)31-20-12-17(14-26-15-20)16-28(4)5/h12-15,18-19,27H,6-9,16H2,1-5H3,(H,29,30)/t18-,19-. The molecule has 2 heterocycles. The topological polar surface area (TPSA) is 74.7 Å². The normalized spacial score (nSPS) is 18.7. The molecule has 1 aliphatic rings. The largest absolute Gasteiger partial charge is 0.489 e. The van der Waals surface area contributed by atoms with Crippen LogP contribution in [-0.2, 0) is 6.54 Å². The van der Waals surface area contributed by atoms with Gasteiger partial charge in [-0.05, 0) is 78.2 Å². The van der Waals surface area contributed by atoms with Crippen LogP contribution >= 0.6 is 11.3 Å². The maximum atomic E-state index is 11.7. The molecule has 172 valence electrons. The van der Waals surface area contributed by atoms with E-state index in [1.54, 1.807) is 6.20 Å². The number of aromatic carboxylic acids is 1. The van der Waals surface area contributed by atoms with E-state index in [4.69, 9.17) is 4.74 Å². The zero-order valence-electron chi connectivity index (χ0n) is 19.6. The number of hydrogen-bond donors (Lipinski definition) is 2. The fraction of sp³-hybridized carbons (Fsp3) is 0.520. The van der Waals surface area contributed by atoms with Gasteiger partial charge in [-0.15, -0.1) is 11.3 Å². The minimum atomic E-state index is -0.913. The summed E-state index contributed by atoms with van der Waals surface area (Å²) in [4.78, 5) is 19.2. The molecule has 1 aliphatic carbocycles. The molecule has 1 saturated carbocycles. The van der Waals surface area contributed by atoms with Gasteiger partial charge in [-0.1, -0.05) is 11.8 Å². The Kier molecular flexibility index (Phi) is 7.81. The van der Waals surface area contributed by atoms with E-state index in [9.17, 15) is 9.90 Å². The Hall–Kier alpha value is -2.56. The van der Waals surface area contributed by atoms with Crippen molar-refractivity contribution in [2.24, 2.45) is 5.41 Å². The molecule has 0 unspecified atom stereocenters. The van der Waals surface area contributed by atoms with Crippen molar-refractivity contribution in [3.63, 3.8) is 0 Å². The first-order valence-electron chi connectivity index (χ1n) is 11.0. The predicted molar refractivity (Wildman–Crippen MR) is 130 cm³/mol. The van der Waals surface area contributed by atoms with Crippen LogP contribution in [0.15, 0.2) is 24.5 Å². The van der Waals surface area contributed by atoms with Gasteiger partial charge in [-0.25, -0.2) is 4.79 Å². The summed E-state index contributed by atoms with van der Waals surface area (Å²) in [5.74, 6) is 6.20. The summed E-state index contributed by atoms with van der Waals surface area (Å²) in [6.45, 7) is 6.95. The molecule has 0 aliphatic heterocycles. The first kappa shape index (κ1) is 24.1. The molecule has 3 rings (SSSR count). The average molecular weight is 456 g/mol. The van der Waals surface area contributed by atoms with Crippen molar-refractivity contribution < 1.29 is 14.6 Å². The number of hydrogen-bond acceptors (Lipinski definition) is 6. The Morgan fingerprint density at radius 2 is 1.97 bits per heavy atom. The minimum absolute atomic E-state index is 0.124. The van der Waals surface area contributed by atoms with E-state index in [0.717, 1.165) is 48.4 Å². The molecule has 2 aromatic heterocycles. The van der Waals surface area contributed by atoms with Gasteiger partial charge in [0.1, 0.15) is 10.6 Å². The van der Waals surface area contributed by atoms with Crippen LogP contribution in [0.4, 0.5) is 5.69 Å². The van der Waals surface area contributed by atoms with E-state index in [1.807, 2.05) is 47.1 Å². The molecule has 0 spiro atoms. The predicted octanol–water partition coefficient (Wildman–Crippen LogP) is 5.10. The fourth-order valence-electron chi connectivity index (χ4n) is 3.68. The summed E-state index contributed by atoms with van der Waals surface area (Å²) in [5.41, 5.74) is 1.68. The minimum Gasteiger partial charge on any atom is -0.489 e. The van der Waals surface area contributed by atoms with Gasteiger partial charge in [0.05, 0.1) is 22.9 Å². The molecule has 0 bridgehead atoms. The van der Waals surface area contributed by atoms with Gasteiger partial charge in [0.25, 0.3) is 0 Å². The SMILES string of the molecule is CN(C)Cc1cncc(O[C@H]2CC[C@H](Nc3cc(C#CC(C)(C)C)sc3C(=O)O)CC2)c1. The average Bonchev–Trinajstić information content (AvgIpc) is 3.10. The van der Waals surface area contributed by atoms with Gasteiger partial charge in [0.15, 0.2) is 0 Å². The molecule has 2 aromatic rings. The third-order valence-corrected chi connectivity index (χ3v) is 6.13. The molecule has 0 saturated heterocycles. The van der Waals surface area contributed by atoms with E-state index in [2.05, 4.69) is 33.1 Å². The summed E-state index contributed by atoms with van der Waals surface area (Å²) in [7, 11) is 4.07. The molecule has 7 heteroatoms. The Balaban J connectivity index is 1.58. The van der Waals surface area contributed by atoms with Crippen molar-refractivity contribution in [1.82, 2.24) is 9.88 Å². The second-order valence-corrected chi connectivity index (χ2v) is 10.7. The lowest BCUT2D eigenvalue weighted by molar-refractivity contribution is 0.0703. The Bertz CT molecular complexity index is 990. The van der Waals surface area contributed by atoms with Gasteiger partial charge in [0.2, 0.25) is 0 Å². The number of thiophene rings is 1. The second-order valence-electron chi connectivity index (χ2n) is 9.66. The van der Waals surface area contributed by atoms with Crippen LogP contribution in [0.2, 0.25) is 0 Å². The van der Waals surface area contributed by atoms with Gasteiger partial charge in [-0.3, -0.25) is 4.98 Å². The van der Waals surface area contributed by atoms with E-state index in [1.165, 1.54) is 11.3 Å². The first-order valence-corrected chi connectivity index (χ1v) is 11.8. The molecule has 0 aromatic carbocycles. The number of nitrogens with zero attached hydrogens (tertiary/aromatic N) is 2. The van der Waals surface area contributed by atoms with Gasteiger partial charge in [-0.2, -0.15) is 0 Å². The lowest BCUT2D eigenvalue weighted by Gasteiger charge is -2.30. The number of nitrogens with one attached hydrogen (secondary N) is 1. The number of rotatable bonds is 7. The highest BCUT2D eigenvalue weighted by molar-refractivity contribution is 7.15. The molecule has 6 nitrogen and oxygen atoms in total. The van der Waals surface area contributed by atoms with Crippen LogP contribution in [0.1, 0.15) is 66.6 Å². The summed E-state index contributed by atoms with van der Waals surface area (Å²) in [5, 5.41) is 13.1. The van der Waals surface area contributed by atoms with E-state index in [0.29, 0.717) is 10.6 Å². The van der Waals surface area contributed by atoms with Crippen LogP contribution < -0.4 is 10.1 Å². The Labute approximate surface area is 195 Å². The van der Waals surface area contributed by atoms with Crippen molar-refractivity contribution >= 4 is 23.0 Å². The zero-order valence-corrected chi connectivity index (χ0v) is 20.4. The fourth-order valence-corrected chi connectivity index (χ4v) is 4.50. The summed E-state index contributed by atoms with van der Waals surface area (Å²) in [6, 6.07) is 4.16. The summed E-state index contributed by atoms with van der Waals surface area (Å²) < 4.78 is 6.19. The number of anilines is 1. The lowest BCUT2D eigenvalue weighted by Crippen LogP contribution is -2.31. The zero-order chi connectivity index (χ0) is 23.3. The monoisotopic (exact) mass is 455 g/mol. The maximum absolute atomic E-state index is 11.7. The van der Waals surface area contributed by atoms with Crippen molar-refractivity contribution in [3.8, 4) is 17.6 Å². The smallest absolute Gasteiger partial charge is 0.348 e. The highest BCUT2D eigenvalue weighted by atomic mass is 32.1. The van der Waals surface area contributed by atoms with E-state index >= 15 is 0 Å². The lowest BCUT2D eigenvalue weighted by atomic mass is 9.92. The van der Waals surface area contributed by atoms with Crippen molar-refractivity contribution in [2.75, 3.05) is 19.4 Å². The van der Waals surface area contributed by atoms with Crippen LogP contribution in [0.3, 0.4) is 0 Å². The maximum Gasteiger partial charge on any atom is 0.348 e. The first-order chi connectivity index (χ1) is 15.1. The third-order valence-electron chi connectivity index (χ3n) is 5.09. The van der Waals surface area contributed by atoms with Crippen LogP contribution in [-0.4, -0.2) is 47.2 Å². The Morgan fingerprint density at radius 3 is 2.59 bits per heavy atom. The van der Waals surface area contributed by atoms with Crippen LogP contribution in [0, 0.1) is 17.3 Å². The number of carbonyl (C=O) groups is 1. The van der Waals surface area contributed by atoms with E-state index < -0.39 is 5.97 Å². The molecule has 2 N–H and O–H groups in total. The highest BCUT2D eigenvalue weighted by Gasteiger charge is 2.25. The van der Waals surface area contributed by atoms with Crippen molar-refractivity contribution in [1.29, 1.82) is 0 Å². The van der Waals surface area contributed by atoms with Crippen LogP contribution in [0.5, 0.6) is 5.75 Å². The van der Waals surface area contributed by atoms with Crippen molar-refractivity contribution in [3.05, 3.63) is 39.8 Å². The third kappa shape index (κ3) is 7.25. The van der Waals surface area contributed by atoms with Gasteiger partial charge >= 0.3 is 5.97 Å². The van der Waals surface area contributed by atoms with Crippen LogP contribution in [0.25, 0.3) is 0 Å². The number of ether oxygens (including phenoxy) is 1. The summed E-state index contributed by atoms with van der Waals surface area (Å²) in [6.07, 6.45) is 7.47. The number of aromatic nitrogens is 1. The number of carboxylic acid groups (broad SMARTS) is 1. The number of pyridine rings is 1. The molecule has 1 fully saturated rings. The quantitative estimate of drug-likeness (QED) is 0.566. The molecule has 0 radical (unpaired) electrons. The second kappa shape index (κ2) is 10.4. The Morgan fingerprint density at radius 1 is 1.25 bits per heavy atom. The summed E-state index contributed by atoms with van der Waals surface area (Å²) >= 11 is 1.23. The molecule has 0 amide bonds. The van der Waals surface area contributed by atoms with Gasteiger partial charge in [0, 0.05) is 24.2 Å². The van der Waals surface area contributed by atoms with Gasteiger partial charge < -0.3 is 20.1 Å². The molecule has 32 heavy (non-hydrogen) atoms. The van der Waals surface area contributed by atoms with E-state index in [-0.39, 0.29) is 17.6 Å². The highest BCUT2D eigenvalue weighted by Crippen LogP contribution is 2.31.